The van der Waals surface area contributed by atoms with Gasteiger partial charge in [-0.25, -0.2) is 8.78 Å². The molecule has 17 heavy (non-hydrogen) atoms. The van der Waals surface area contributed by atoms with Crippen molar-refractivity contribution in [3.63, 3.8) is 0 Å². The molecule has 4 rings (SSSR count). The molecule has 1 nitrogen and oxygen atoms in total. The van der Waals surface area contributed by atoms with Crippen LogP contribution in [-0.2, 0) is 6.42 Å². The molecule has 0 amide bonds. The molecule has 3 aliphatic carbocycles. The van der Waals surface area contributed by atoms with Crippen LogP contribution in [0.25, 0.3) is 0 Å². The second-order valence-electron chi connectivity index (χ2n) is 5.94. The van der Waals surface area contributed by atoms with E-state index < -0.39 is 11.6 Å². The highest BCUT2D eigenvalue weighted by Crippen LogP contribution is 2.74. The average Bonchev–Trinajstić information content (AvgIpc) is 2.17. The molecule has 1 N–H and O–H groups in total. The molecule has 0 spiro atoms. The number of nitrogens with one attached hydrogen (secondary N) is 1. The van der Waals surface area contributed by atoms with Crippen molar-refractivity contribution in [2.45, 2.75) is 25.7 Å². The average molecular weight is 237 g/mol. The topological polar surface area (TPSA) is 12.0 Å². The summed E-state index contributed by atoms with van der Waals surface area (Å²) in [7, 11) is 1.96. The van der Waals surface area contributed by atoms with Gasteiger partial charge in [0.25, 0.3) is 0 Å². The van der Waals surface area contributed by atoms with E-state index in [2.05, 4.69) is 5.32 Å². The molecule has 92 valence electrons. The highest BCUT2D eigenvalue weighted by atomic mass is 19.1. The van der Waals surface area contributed by atoms with Gasteiger partial charge < -0.3 is 5.32 Å². The third kappa shape index (κ3) is 1.60. The Labute approximate surface area is 100 Å². The third-order valence-corrected chi connectivity index (χ3v) is 4.42. The largest absolute Gasteiger partial charge is 0.319 e. The molecule has 3 fully saturated rings. The molecule has 0 atom stereocenters. The Bertz CT molecular complexity index is 416. The van der Waals surface area contributed by atoms with Gasteiger partial charge in [0, 0.05) is 12.1 Å². The van der Waals surface area contributed by atoms with E-state index in [1.165, 1.54) is 18.2 Å². The molecule has 0 unspecified atom stereocenters. The molecule has 1 aromatic carbocycles. The molecule has 0 aromatic heterocycles. The first-order valence-corrected chi connectivity index (χ1v) is 6.16. The summed E-state index contributed by atoms with van der Waals surface area (Å²) in [6, 6.07) is 4.14. The maximum Gasteiger partial charge on any atom is 0.129 e. The second kappa shape index (κ2) is 3.52. The lowest BCUT2D eigenvalue weighted by atomic mass is 9.34. The molecule has 1 aromatic rings. The predicted octanol–water partition coefficient (Wildman–Crippen LogP) is 2.90. The van der Waals surface area contributed by atoms with Gasteiger partial charge in [-0.15, -0.1) is 0 Å². The minimum atomic E-state index is -0.391. The van der Waals surface area contributed by atoms with Crippen LogP contribution in [0.15, 0.2) is 18.2 Å². The zero-order chi connectivity index (χ0) is 12.1. The maximum absolute atomic E-state index is 13.5. The lowest BCUT2D eigenvalue weighted by molar-refractivity contribution is -0.198. The van der Waals surface area contributed by atoms with E-state index in [1.54, 1.807) is 0 Å². The SMILES string of the molecule is CNCC12CC(Cc3c(F)cccc3F)(C1)C2. The zero-order valence-electron chi connectivity index (χ0n) is 10.0. The molecule has 0 aliphatic heterocycles. The van der Waals surface area contributed by atoms with Crippen molar-refractivity contribution in [2.75, 3.05) is 13.6 Å². The van der Waals surface area contributed by atoms with Crippen LogP contribution in [0.5, 0.6) is 0 Å². The quantitative estimate of drug-likeness (QED) is 0.849. The van der Waals surface area contributed by atoms with Crippen LogP contribution < -0.4 is 5.32 Å². The van der Waals surface area contributed by atoms with E-state index in [-0.39, 0.29) is 11.0 Å². The minimum Gasteiger partial charge on any atom is -0.319 e. The summed E-state index contributed by atoms with van der Waals surface area (Å²) in [5.74, 6) is -0.783. The first kappa shape index (κ1) is 11.1. The van der Waals surface area contributed by atoms with Crippen LogP contribution in [0.2, 0.25) is 0 Å². The lowest BCUT2D eigenvalue weighted by Gasteiger charge is -2.71. The van der Waals surface area contributed by atoms with Crippen LogP contribution in [0, 0.1) is 22.5 Å². The van der Waals surface area contributed by atoms with Crippen molar-refractivity contribution in [3.8, 4) is 0 Å². The molecule has 3 aliphatic rings. The van der Waals surface area contributed by atoms with E-state index in [9.17, 15) is 8.78 Å². The number of benzene rings is 1. The van der Waals surface area contributed by atoms with Crippen molar-refractivity contribution in [1.82, 2.24) is 5.32 Å². The number of hydrogen-bond acceptors (Lipinski definition) is 1. The first-order chi connectivity index (χ1) is 8.08. The Morgan fingerprint density at radius 3 is 2.24 bits per heavy atom. The van der Waals surface area contributed by atoms with Crippen LogP contribution >= 0.6 is 0 Å². The maximum atomic E-state index is 13.5. The van der Waals surface area contributed by atoms with E-state index in [0.717, 1.165) is 25.8 Å². The van der Waals surface area contributed by atoms with Crippen molar-refractivity contribution < 1.29 is 8.78 Å². The molecule has 2 bridgehead atoms. The molecular weight excluding hydrogens is 220 g/mol. The van der Waals surface area contributed by atoms with Gasteiger partial charge in [-0.1, -0.05) is 6.07 Å². The summed E-state index contributed by atoms with van der Waals surface area (Å²) in [5.41, 5.74) is 0.918. The Morgan fingerprint density at radius 2 is 1.71 bits per heavy atom. The van der Waals surface area contributed by atoms with Crippen LogP contribution in [0.4, 0.5) is 8.78 Å². The van der Waals surface area contributed by atoms with E-state index in [1.807, 2.05) is 7.05 Å². The minimum absolute atomic E-state index is 0.194. The summed E-state index contributed by atoms with van der Waals surface area (Å²) in [4.78, 5) is 0. The van der Waals surface area contributed by atoms with Crippen LogP contribution in [-0.4, -0.2) is 13.6 Å². The fourth-order valence-electron chi connectivity index (χ4n) is 4.06. The van der Waals surface area contributed by atoms with Crippen LogP contribution in [0.1, 0.15) is 24.8 Å². The molecule has 0 radical (unpaired) electrons. The number of rotatable bonds is 4. The summed E-state index contributed by atoms with van der Waals surface area (Å²) in [5, 5.41) is 3.20. The molecule has 0 saturated heterocycles. The normalized spacial score (nSPS) is 34.1. The van der Waals surface area contributed by atoms with Gasteiger partial charge in [-0.05, 0) is 55.7 Å². The Morgan fingerprint density at radius 1 is 1.12 bits per heavy atom. The fourth-order valence-corrected chi connectivity index (χ4v) is 4.06. The van der Waals surface area contributed by atoms with Gasteiger partial charge in [-0.3, -0.25) is 0 Å². The van der Waals surface area contributed by atoms with Crippen molar-refractivity contribution in [3.05, 3.63) is 35.4 Å². The summed E-state index contributed by atoms with van der Waals surface area (Å²) in [6.07, 6.45) is 3.93. The second-order valence-corrected chi connectivity index (χ2v) is 5.94. The van der Waals surface area contributed by atoms with Gasteiger partial charge in [0.1, 0.15) is 11.6 Å². The first-order valence-electron chi connectivity index (χ1n) is 6.16. The van der Waals surface area contributed by atoms with Crippen molar-refractivity contribution >= 4 is 0 Å². The monoisotopic (exact) mass is 237 g/mol. The third-order valence-electron chi connectivity index (χ3n) is 4.42. The number of halogens is 2. The van der Waals surface area contributed by atoms with E-state index in [4.69, 9.17) is 0 Å². The Balaban J connectivity index is 1.71. The smallest absolute Gasteiger partial charge is 0.129 e. The van der Waals surface area contributed by atoms with Gasteiger partial charge in [0.2, 0.25) is 0 Å². The summed E-state index contributed by atoms with van der Waals surface area (Å²) in [6.45, 7) is 1.04. The van der Waals surface area contributed by atoms with Gasteiger partial charge in [-0.2, -0.15) is 0 Å². The Hall–Kier alpha value is -0.960. The van der Waals surface area contributed by atoms with Gasteiger partial charge in [0.05, 0.1) is 0 Å². The molecular formula is C14H17F2N. The summed E-state index contributed by atoms with van der Waals surface area (Å²) < 4.78 is 27.1. The van der Waals surface area contributed by atoms with E-state index in [0.29, 0.717) is 11.8 Å². The van der Waals surface area contributed by atoms with Gasteiger partial charge in [0.15, 0.2) is 0 Å². The highest BCUT2D eigenvalue weighted by Gasteiger charge is 2.66. The fraction of sp³-hybridized carbons (Fsp3) is 0.571. The van der Waals surface area contributed by atoms with Crippen molar-refractivity contribution in [1.29, 1.82) is 0 Å². The molecule has 3 saturated carbocycles. The van der Waals surface area contributed by atoms with Crippen LogP contribution in [0.3, 0.4) is 0 Å². The Kier molecular flexibility index (Phi) is 2.31. The van der Waals surface area contributed by atoms with E-state index >= 15 is 0 Å². The standard InChI is InChI=1S/C14H17F2N/c1-17-9-14-6-13(7-14,8-14)5-10-11(15)3-2-4-12(10)16/h2-4,17H,5-9H2,1H3. The summed E-state index contributed by atoms with van der Waals surface area (Å²) >= 11 is 0. The molecule has 0 heterocycles. The zero-order valence-corrected chi connectivity index (χ0v) is 10.0. The predicted molar refractivity (Wildman–Crippen MR) is 62.7 cm³/mol. The van der Waals surface area contributed by atoms with Crippen molar-refractivity contribution in [2.24, 2.45) is 10.8 Å². The van der Waals surface area contributed by atoms with Gasteiger partial charge >= 0.3 is 0 Å². The highest BCUT2D eigenvalue weighted by molar-refractivity contribution is 5.27. The number of hydrogen-bond donors (Lipinski definition) is 1. The molecule has 3 heteroatoms. The lowest BCUT2D eigenvalue weighted by Crippen LogP contribution is -2.65.